The molecule has 1 aliphatic rings. The SMILES string of the molecule is NC1(C(=O)Cl)C(I)=CC(I)=C(C(=O)Cl)C1I. The second-order valence-electron chi connectivity index (χ2n) is 3.03. The zero-order chi connectivity index (χ0) is 12.7. The number of hydrogen-bond donors (Lipinski definition) is 1. The Labute approximate surface area is 143 Å². The van der Waals surface area contributed by atoms with Crippen molar-refractivity contribution in [2.75, 3.05) is 0 Å². The molecular formula is C8H4Cl2I3NO2. The lowest BCUT2D eigenvalue weighted by Gasteiger charge is -2.34. The van der Waals surface area contributed by atoms with Crippen molar-refractivity contribution in [2.45, 2.75) is 9.46 Å². The number of allylic oxidation sites excluding steroid dienone is 2. The first-order chi connectivity index (χ1) is 7.22. The van der Waals surface area contributed by atoms with Crippen molar-refractivity contribution in [1.29, 1.82) is 0 Å². The molecule has 0 amide bonds. The number of rotatable bonds is 2. The number of alkyl halides is 1. The number of carbonyl (C=O) groups excluding carboxylic acids is 2. The summed E-state index contributed by atoms with van der Waals surface area (Å²) in [6, 6.07) is 0. The van der Waals surface area contributed by atoms with E-state index < -0.39 is 19.9 Å². The molecule has 0 saturated heterocycles. The lowest BCUT2D eigenvalue weighted by atomic mass is 9.89. The summed E-state index contributed by atoms with van der Waals surface area (Å²) in [5, 5.41) is -1.32. The molecule has 2 atom stereocenters. The quantitative estimate of drug-likeness (QED) is 0.303. The Morgan fingerprint density at radius 1 is 1.38 bits per heavy atom. The van der Waals surface area contributed by atoms with Gasteiger partial charge >= 0.3 is 0 Å². The van der Waals surface area contributed by atoms with Gasteiger partial charge in [-0.1, -0.05) is 22.6 Å². The Hall–Kier alpha value is 1.55. The van der Waals surface area contributed by atoms with E-state index in [9.17, 15) is 9.59 Å². The molecule has 2 N–H and O–H groups in total. The van der Waals surface area contributed by atoms with E-state index in [2.05, 4.69) is 0 Å². The number of hydrogen-bond acceptors (Lipinski definition) is 3. The van der Waals surface area contributed by atoms with Gasteiger partial charge in [0.05, 0.1) is 3.92 Å². The summed E-state index contributed by atoms with van der Waals surface area (Å²) in [7, 11) is 0. The van der Waals surface area contributed by atoms with Crippen LogP contribution in [0.2, 0.25) is 0 Å². The molecule has 88 valence electrons. The highest BCUT2D eigenvalue weighted by Gasteiger charge is 2.48. The van der Waals surface area contributed by atoms with Gasteiger partial charge in [-0.2, -0.15) is 0 Å². The number of nitrogens with two attached hydrogens (primary N) is 1. The van der Waals surface area contributed by atoms with E-state index >= 15 is 0 Å². The Kier molecular flexibility index (Phi) is 5.54. The fourth-order valence-electron chi connectivity index (χ4n) is 1.17. The van der Waals surface area contributed by atoms with Gasteiger partial charge in [-0.05, 0) is 74.5 Å². The van der Waals surface area contributed by atoms with Crippen molar-refractivity contribution in [3.8, 4) is 0 Å². The van der Waals surface area contributed by atoms with Crippen LogP contribution in [0.5, 0.6) is 0 Å². The zero-order valence-electron chi connectivity index (χ0n) is 7.44. The highest BCUT2D eigenvalue weighted by molar-refractivity contribution is 14.1. The monoisotopic (exact) mass is 597 g/mol. The van der Waals surface area contributed by atoms with Crippen LogP contribution in [0.4, 0.5) is 0 Å². The highest BCUT2D eigenvalue weighted by atomic mass is 127. The first-order valence-electron chi connectivity index (χ1n) is 3.83. The summed E-state index contributed by atoms with van der Waals surface area (Å²) in [6.45, 7) is 0. The molecule has 0 radical (unpaired) electrons. The molecule has 1 rings (SSSR count). The van der Waals surface area contributed by atoms with Gasteiger partial charge in [-0.25, -0.2) is 0 Å². The summed E-state index contributed by atoms with van der Waals surface area (Å²) < 4.78 is 0.708. The van der Waals surface area contributed by atoms with Crippen molar-refractivity contribution in [3.05, 3.63) is 18.8 Å². The van der Waals surface area contributed by atoms with Gasteiger partial charge in [0, 0.05) is 12.7 Å². The molecule has 0 aromatic rings. The van der Waals surface area contributed by atoms with Crippen LogP contribution in [0, 0.1) is 0 Å². The largest absolute Gasteiger partial charge is 0.313 e. The van der Waals surface area contributed by atoms with Crippen molar-refractivity contribution in [3.63, 3.8) is 0 Å². The maximum absolute atomic E-state index is 11.4. The van der Waals surface area contributed by atoms with Gasteiger partial charge in [-0.15, -0.1) is 0 Å². The summed E-state index contributed by atoms with van der Waals surface area (Å²) in [6.07, 6.45) is 1.65. The van der Waals surface area contributed by atoms with E-state index in [4.69, 9.17) is 28.9 Å². The van der Waals surface area contributed by atoms with Gasteiger partial charge in [-0.3, -0.25) is 9.59 Å². The minimum absolute atomic E-state index is 0.319. The fraction of sp³-hybridized carbons (Fsp3) is 0.250. The molecule has 0 aromatic heterocycles. The number of carbonyl (C=O) groups is 2. The maximum atomic E-state index is 11.4. The molecular weight excluding hydrogens is 594 g/mol. The molecule has 0 spiro atoms. The lowest BCUT2D eigenvalue weighted by molar-refractivity contribution is -0.114. The van der Waals surface area contributed by atoms with Crippen LogP contribution in [-0.4, -0.2) is 19.9 Å². The van der Waals surface area contributed by atoms with E-state index in [1.54, 1.807) is 6.08 Å². The second kappa shape index (κ2) is 5.68. The summed E-state index contributed by atoms with van der Waals surface area (Å²) in [4.78, 5) is 22.7. The van der Waals surface area contributed by atoms with Gasteiger partial charge in [0.1, 0.15) is 5.54 Å². The minimum atomic E-state index is -1.38. The molecule has 0 heterocycles. The molecule has 0 aromatic carbocycles. The van der Waals surface area contributed by atoms with E-state index in [-0.39, 0.29) is 0 Å². The molecule has 0 saturated carbocycles. The summed E-state index contributed by atoms with van der Waals surface area (Å²) >= 11 is 16.8. The Morgan fingerprint density at radius 2 is 1.88 bits per heavy atom. The van der Waals surface area contributed by atoms with Gasteiger partial charge < -0.3 is 5.73 Å². The van der Waals surface area contributed by atoms with Crippen molar-refractivity contribution < 1.29 is 9.59 Å². The van der Waals surface area contributed by atoms with Crippen molar-refractivity contribution in [2.24, 2.45) is 5.73 Å². The van der Waals surface area contributed by atoms with E-state index in [0.29, 0.717) is 12.7 Å². The van der Waals surface area contributed by atoms with Crippen LogP contribution < -0.4 is 5.73 Å². The topological polar surface area (TPSA) is 60.2 Å². The predicted octanol–water partition coefficient (Wildman–Crippen LogP) is 3.04. The Bertz CT molecular complexity index is 435. The third-order valence-corrected chi connectivity index (χ3v) is 6.31. The van der Waals surface area contributed by atoms with Crippen LogP contribution in [-0.2, 0) is 9.59 Å². The summed E-state index contributed by atoms with van der Waals surface area (Å²) in [5.74, 6) is 0. The van der Waals surface area contributed by atoms with Crippen molar-refractivity contribution in [1.82, 2.24) is 0 Å². The first kappa shape index (κ1) is 15.6. The van der Waals surface area contributed by atoms with Crippen LogP contribution in [0.1, 0.15) is 0 Å². The van der Waals surface area contributed by atoms with Crippen LogP contribution in [0.25, 0.3) is 0 Å². The molecule has 0 bridgehead atoms. The molecule has 8 heteroatoms. The smallest absolute Gasteiger partial charge is 0.250 e. The molecule has 3 nitrogen and oxygen atoms in total. The van der Waals surface area contributed by atoms with E-state index in [0.717, 1.165) is 0 Å². The van der Waals surface area contributed by atoms with Gasteiger partial charge in [0.15, 0.2) is 0 Å². The van der Waals surface area contributed by atoms with E-state index in [1.807, 2.05) is 67.8 Å². The lowest BCUT2D eigenvalue weighted by Crippen LogP contribution is -2.56. The van der Waals surface area contributed by atoms with Gasteiger partial charge in [0.25, 0.3) is 5.24 Å². The van der Waals surface area contributed by atoms with E-state index in [1.165, 1.54) is 0 Å². The standard InChI is InChI=1S/C8H4Cl2I3NO2/c9-6(15)4-2(11)1-3(12)8(14,5(4)13)7(10)16/h1,5H,14H2. The zero-order valence-corrected chi connectivity index (χ0v) is 15.4. The van der Waals surface area contributed by atoms with Crippen LogP contribution >= 0.6 is 91.0 Å². The average molecular weight is 598 g/mol. The molecule has 1 aliphatic carbocycles. The Balaban J connectivity index is 3.42. The van der Waals surface area contributed by atoms with Crippen LogP contribution in [0.3, 0.4) is 0 Å². The fourth-order valence-corrected chi connectivity index (χ4v) is 7.03. The molecule has 0 fully saturated rings. The maximum Gasteiger partial charge on any atom is 0.250 e. The summed E-state index contributed by atoms with van der Waals surface area (Å²) in [5.41, 5.74) is 4.91. The highest BCUT2D eigenvalue weighted by Crippen LogP contribution is 2.43. The minimum Gasteiger partial charge on any atom is -0.313 e. The third-order valence-electron chi connectivity index (χ3n) is 2.10. The normalized spacial score (nSPS) is 30.1. The molecule has 0 aliphatic heterocycles. The predicted molar refractivity (Wildman–Crippen MR) is 89.6 cm³/mol. The first-order valence-corrected chi connectivity index (χ1v) is 7.98. The molecule has 2 unspecified atom stereocenters. The Morgan fingerprint density at radius 3 is 2.25 bits per heavy atom. The van der Waals surface area contributed by atoms with Crippen LogP contribution in [0.15, 0.2) is 18.8 Å². The number of halogens is 5. The van der Waals surface area contributed by atoms with Gasteiger partial charge in [0.2, 0.25) is 5.24 Å². The average Bonchev–Trinajstić information content (AvgIpc) is 2.13. The third kappa shape index (κ3) is 2.60. The molecule has 16 heavy (non-hydrogen) atoms. The van der Waals surface area contributed by atoms with Crippen molar-refractivity contribution >= 4 is 101 Å². The second-order valence-corrected chi connectivity index (χ2v) is 7.29.